The number of aryl methyl sites for hydroxylation is 1. The lowest BCUT2D eigenvalue weighted by atomic mass is 10.1. The average Bonchev–Trinajstić information content (AvgIpc) is 2.09. The highest BCUT2D eigenvalue weighted by Crippen LogP contribution is 2.31. The van der Waals surface area contributed by atoms with Crippen LogP contribution in [-0.4, -0.2) is 12.0 Å². The summed E-state index contributed by atoms with van der Waals surface area (Å²) >= 11 is 0. The fourth-order valence-electron chi connectivity index (χ4n) is 1.38. The molecule has 0 spiro atoms. The van der Waals surface area contributed by atoms with Crippen LogP contribution in [0.2, 0.25) is 0 Å². The highest BCUT2D eigenvalue weighted by molar-refractivity contribution is 5.87. The predicted octanol–water partition coefficient (Wildman–Crippen LogP) is 1.71. The molecule has 1 aromatic rings. The number of rotatable bonds is 0. The minimum atomic E-state index is -0.256. The molecule has 0 fully saturated rings. The second-order valence-corrected chi connectivity index (χ2v) is 3.24. The number of esters is 1. The summed E-state index contributed by atoms with van der Waals surface area (Å²) < 4.78 is 5.12. The van der Waals surface area contributed by atoms with E-state index in [2.05, 4.69) is 5.32 Å². The maximum absolute atomic E-state index is 11.2. The number of nitrogens with one attached hydrogen (secondary N) is 1. The molecule has 1 aliphatic heterocycles. The summed E-state index contributed by atoms with van der Waals surface area (Å²) in [5.41, 5.74) is 2.02. The van der Waals surface area contributed by atoms with Gasteiger partial charge in [-0.05, 0) is 25.5 Å². The van der Waals surface area contributed by atoms with Crippen LogP contribution in [0.3, 0.4) is 0 Å². The number of carbonyl (C=O) groups is 1. The van der Waals surface area contributed by atoms with Crippen molar-refractivity contribution in [1.29, 1.82) is 0 Å². The summed E-state index contributed by atoms with van der Waals surface area (Å²) in [6.07, 6.45) is 0. The van der Waals surface area contributed by atoms with Crippen LogP contribution in [0.25, 0.3) is 0 Å². The van der Waals surface area contributed by atoms with Crippen molar-refractivity contribution in [2.24, 2.45) is 0 Å². The van der Waals surface area contributed by atoms with Gasteiger partial charge in [0.05, 0.1) is 5.69 Å². The van der Waals surface area contributed by atoms with Gasteiger partial charge in [0.2, 0.25) is 0 Å². The van der Waals surface area contributed by atoms with E-state index in [4.69, 9.17) is 4.74 Å². The second-order valence-electron chi connectivity index (χ2n) is 3.24. The smallest absolute Gasteiger partial charge is 0.333 e. The third kappa shape index (κ3) is 1.26. The summed E-state index contributed by atoms with van der Waals surface area (Å²) in [5.74, 6) is 0.404. The molecule has 0 amide bonds. The SMILES string of the molecule is Cc1cccc2c1NC(C)C(=O)O2. The van der Waals surface area contributed by atoms with Gasteiger partial charge >= 0.3 is 5.97 Å². The van der Waals surface area contributed by atoms with Crippen LogP contribution in [0.5, 0.6) is 5.75 Å². The van der Waals surface area contributed by atoms with E-state index >= 15 is 0 Å². The Balaban J connectivity index is 2.48. The van der Waals surface area contributed by atoms with Gasteiger partial charge in [-0.15, -0.1) is 0 Å². The summed E-state index contributed by atoms with van der Waals surface area (Å²) in [4.78, 5) is 11.2. The van der Waals surface area contributed by atoms with Crippen molar-refractivity contribution in [3.05, 3.63) is 23.8 Å². The predicted molar refractivity (Wildman–Crippen MR) is 49.9 cm³/mol. The first-order valence-electron chi connectivity index (χ1n) is 4.26. The van der Waals surface area contributed by atoms with Crippen molar-refractivity contribution in [3.8, 4) is 5.75 Å². The van der Waals surface area contributed by atoms with Crippen LogP contribution in [0.1, 0.15) is 12.5 Å². The van der Waals surface area contributed by atoms with Gasteiger partial charge in [-0.2, -0.15) is 0 Å². The number of fused-ring (bicyclic) bond motifs is 1. The molecule has 0 bridgehead atoms. The van der Waals surface area contributed by atoms with E-state index in [1.54, 1.807) is 13.0 Å². The van der Waals surface area contributed by atoms with E-state index in [1.165, 1.54) is 0 Å². The Bertz CT molecular complexity index is 360. The molecule has 0 aromatic heterocycles. The highest BCUT2D eigenvalue weighted by atomic mass is 16.5. The van der Waals surface area contributed by atoms with Gasteiger partial charge in [-0.3, -0.25) is 0 Å². The second kappa shape index (κ2) is 2.76. The normalized spacial score (nSPS) is 20.2. The molecule has 3 nitrogen and oxygen atoms in total. The van der Waals surface area contributed by atoms with Gasteiger partial charge in [0, 0.05) is 0 Å². The molecule has 0 aliphatic carbocycles. The Kier molecular flexibility index (Phi) is 1.72. The van der Waals surface area contributed by atoms with E-state index in [0.717, 1.165) is 11.3 Å². The first-order chi connectivity index (χ1) is 6.18. The first kappa shape index (κ1) is 8.10. The van der Waals surface area contributed by atoms with Crippen molar-refractivity contribution in [2.75, 3.05) is 5.32 Å². The maximum Gasteiger partial charge on any atom is 0.333 e. The Morgan fingerprint density at radius 3 is 3.00 bits per heavy atom. The molecule has 2 rings (SSSR count). The Hall–Kier alpha value is -1.51. The largest absolute Gasteiger partial charge is 0.423 e. The lowest BCUT2D eigenvalue weighted by Gasteiger charge is -2.24. The number of hydrogen-bond donors (Lipinski definition) is 1. The molecule has 1 heterocycles. The van der Waals surface area contributed by atoms with Crippen molar-refractivity contribution < 1.29 is 9.53 Å². The molecule has 0 saturated carbocycles. The molecule has 1 N–H and O–H groups in total. The Morgan fingerprint density at radius 1 is 1.46 bits per heavy atom. The van der Waals surface area contributed by atoms with Gasteiger partial charge in [0.15, 0.2) is 5.75 Å². The maximum atomic E-state index is 11.2. The third-order valence-corrected chi connectivity index (χ3v) is 2.16. The van der Waals surface area contributed by atoms with E-state index in [1.807, 2.05) is 19.1 Å². The van der Waals surface area contributed by atoms with Crippen LogP contribution in [-0.2, 0) is 4.79 Å². The number of ether oxygens (including phenoxy) is 1. The van der Waals surface area contributed by atoms with E-state index in [-0.39, 0.29) is 12.0 Å². The Labute approximate surface area is 76.7 Å². The zero-order valence-electron chi connectivity index (χ0n) is 7.63. The van der Waals surface area contributed by atoms with Crippen LogP contribution in [0.4, 0.5) is 5.69 Å². The van der Waals surface area contributed by atoms with E-state index in [0.29, 0.717) is 5.75 Å². The molecular weight excluding hydrogens is 166 g/mol. The number of benzene rings is 1. The number of hydrogen-bond acceptors (Lipinski definition) is 3. The van der Waals surface area contributed by atoms with E-state index in [9.17, 15) is 4.79 Å². The summed E-state index contributed by atoms with van der Waals surface area (Å²) in [5, 5.41) is 3.10. The summed E-state index contributed by atoms with van der Waals surface area (Å²) in [6, 6.07) is 5.39. The molecule has 1 aliphatic rings. The highest BCUT2D eigenvalue weighted by Gasteiger charge is 2.24. The van der Waals surface area contributed by atoms with Gasteiger partial charge < -0.3 is 10.1 Å². The van der Waals surface area contributed by atoms with Crippen LogP contribution >= 0.6 is 0 Å². The number of carbonyl (C=O) groups excluding carboxylic acids is 1. The third-order valence-electron chi connectivity index (χ3n) is 2.16. The summed E-state index contributed by atoms with van der Waals surface area (Å²) in [6.45, 7) is 3.77. The monoisotopic (exact) mass is 177 g/mol. The van der Waals surface area contributed by atoms with Crippen LogP contribution in [0, 0.1) is 6.92 Å². The van der Waals surface area contributed by atoms with Crippen molar-refractivity contribution in [1.82, 2.24) is 0 Å². The quantitative estimate of drug-likeness (QED) is 0.484. The van der Waals surface area contributed by atoms with Gasteiger partial charge in [-0.25, -0.2) is 4.79 Å². The summed E-state index contributed by atoms with van der Waals surface area (Å²) in [7, 11) is 0. The van der Waals surface area contributed by atoms with Crippen LogP contribution in [0.15, 0.2) is 18.2 Å². The lowest BCUT2D eigenvalue weighted by Crippen LogP contribution is -2.34. The topological polar surface area (TPSA) is 38.3 Å². The molecule has 0 saturated heterocycles. The van der Waals surface area contributed by atoms with Crippen molar-refractivity contribution >= 4 is 11.7 Å². The molecule has 3 heteroatoms. The zero-order chi connectivity index (χ0) is 9.42. The molecule has 1 unspecified atom stereocenters. The van der Waals surface area contributed by atoms with Gasteiger partial charge in [0.1, 0.15) is 6.04 Å². The molecule has 68 valence electrons. The van der Waals surface area contributed by atoms with Gasteiger partial charge in [-0.1, -0.05) is 12.1 Å². The number of anilines is 1. The molecule has 1 atom stereocenters. The average molecular weight is 177 g/mol. The fraction of sp³-hybridized carbons (Fsp3) is 0.300. The minimum Gasteiger partial charge on any atom is -0.423 e. The zero-order valence-corrected chi connectivity index (χ0v) is 7.63. The van der Waals surface area contributed by atoms with E-state index < -0.39 is 0 Å². The lowest BCUT2D eigenvalue weighted by molar-refractivity contribution is -0.135. The standard InChI is InChI=1S/C10H11NO2/c1-6-4-3-5-8-9(6)11-7(2)10(12)13-8/h3-5,7,11H,1-2H3. The minimum absolute atomic E-state index is 0.224. The first-order valence-corrected chi connectivity index (χ1v) is 4.26. The van der Waals surface area contributed by atoms with Crippen LogP contribution < -0.4 is 10.1 Å². The molecule has 0 radical (unpaired) electrons. The molecule has 13 heavy (non-hydrogen) atoms. The fourth-order valence-corrected chi connectivity index (χ4v) is 1.38. The van der Waals surface area contributed by atoms with Crippen molar-refractivity contribution in [3.63, 3.8) is 0 Å². The van der Waals surface area contributed by atoms with Gasteiger partial charge in [0.25, 0.3) is 0 Å². The molecular formula is C10H11NO2. The Morgan fingerprint density at radius 2 is 2.23 bits per heavy atom. The molecule has 1 aromatic carbocycles. The number of para-hydroxylation sites is 1. The van der Waals surface area contributed by atoms with Crippen molar-refractivity contribution in [2.45, 2.75) is 19.9 Å².